The van der Waals surface area contributed by atoms with Crippen molar-refractivity contribution in [1.29, 1.82) is 5.26 Å². The van der Waals surface area contributed by atoms with Crippen molar-refractivity contribution in [2.24, 2.45) is 0 Å². The summed E-state index contributed by atoms with van der Waals surface area (Å²) in [6.07, 6.45) is -0.352. The van der Waals surface area contributed by atoms with Gasteiger partial charge in [0.1, 0.15) is 17.9 Å². The minimum absolute atomic E-state index is 0.139. The van der Waals surface area contributed by atoms with Gasteiger partial charge in [0.25, 0.3) is 0 Å². The minimum atomic E-state index is -0.731. The molecule has 1 atom stereocenters. The van der Waals surface area contributed by atoms with Crippen LogP contribution in [0.1, 0.15) is 11.7 Å². The normalized spacial score (nSPS) is 20.1. The molecule has 0 radical (unpaired) electrons. The van der Waals surface area contributed by atoms with Crippen molar-refractivity contribution in [2.75, 3.05) is 20.7 Å². The van der Waals surface area contributed by atoms with Gasteiger partial charge in [-0.25, -0.2) is 4.79 Å². The van der Waals surface area contributed by atoms with E-state index in [9.17, 15) is 9.90 Å². The number of methoxy groups -OCH3 is 1. The van der Waals surface area contributed by atoms with Gasteiger partial charge in [0.2, 0.25) is 5.88 Å². The average molecular weight is 274 g/mol. The summed E-state index contributed by atoms with van der Waals surface area (Å²) in [6.45, 7) is 0.473. The van der Waals surface area contributed by atoms with E-state index < -0.39 is 5.97 Å². The number of ether oxygens (including phenoxy) is 2. The Balaban J connectivity index is 2.31. The summed E-state index contributed by atoms with van der Waals surface area (Å²) in [5.41, 5.74) is 0.603. The first-order chi connectivity index (χ1) is 9.56. The molecule has 1 fully saturated rings. The van der Waals surface area contributed by atoms with Gasteiger partial charge >= 0.3 is 5.97 Å². The van der Waals surface area contributed by atoms with Crippen molar-refractivity contribution < 1.29 is 19.4 Å². The number of benzene rings is 1. The number of phenols is 1. The van der Waals surface area contributed by atoms with Crippen LogP contribution in [0.25, 0.3) is 0 Å². The topological polar surface area (TPSA) is 82.8 Å². The number of hydrogen-bond donors (Lipinski definition) is 1. The van der Waals surface area contributed by atoms with Gasteiger partial charge in [0.05, 0.1) is 13.7 Å². The van der Waals surface area contributed by atoms with E-state index in [-0.39, 0.29) is 23.3 Å². The van der Waals surface area contributed by atoms with Crippen LogP contribution < -0.4 is 0 Å². The lowest BCUT2D eigenvalue weighted by Crippen LogP contribution is -2.17. The summed E-state index contributed by atoms with van der Waals surface area (Å²) in [7, 11) is 2.93. The van der Waals surface area contributed by atoms with Crippen molar-refractivity contribution in [2.45, 2.75) is 6.10 Å². The molecule has 0 amide bonds. The Morgan fingerprint density at radius 1 is 1.60 bits per heavy atom. The summed E-state index contributed by atoms with van der Waals surface area (Å²) >= 11 is 0. The minimum Gasteiger partial charge on any atom is -0.508 e. The maximum Gasteiger partial charge on any atom is 0.354 e. The summed E-state index contributed by atoms with van der Waals surface area (Å²) in [4.78, 5) is 13.2. The molecule has 1 N–H and O–H groups in total. The van der Waals surface area contributed by atoms with Gasteiger partial charge in [-0.05, 0) is 17.7 Å². The summed E-state index contributed by atoms with van der Waals surface area (Å²) in [6, 6.07) is 8.47. The Morgan fingerprint density at radius 3 is 2.95 bits per heavy atom. The third kappa shape index (κ3) is 2.52. The highest BCUT2D eigenvalue weighted by molar-refractivity contribution is 5.93. The van der Waals surface area contributed by atoms with Crippen LogP contribution in [-0.2, 0) is 14.3 Å². The van der Waals surface area contributed by atoms with E-state index in [1.165, 1.54) is 7.11 Å². The first kappa shape index (κ1) is 13.7. The smallest absolute Gasteiger partial charge is 0.354 e. The molecule has 1 heterocycles. The number of nitrogens with zero attached hydrogens (tertiary/aromatic N) is 2. The van der Waals surface area contributed by atoms with Crippen LogP contribution in [0.2, 0.25) is 0 Å². The number of esters is 1. The second-order valence-corrected chi connectivity index (χ2v) is 4.37. The summed E-state index contributed by atoms with van der Waals surface area (Å²) < 4.78 is 10.2. The zero-order valence-electron chi connectivity index (χ0n) is 11.2. The molecule has 1 aliphatic heterocycles. The molecule has 2 rings (SSSR count). The molecule has 0 bridgehead atoms. The fraction of sp³-hybridized carbons (Fsp3) is 0.286. The van der Waals surface area contributed by atoms with Crippen LogP contribution >= 0.6 is 0 Å². The number of carbonyl (C=O) groups excluding carboxylic acids is 1. The fourth-order valence-electron chi connectivity index (χ4n) is 2.02. The maximum absolute atomic E-state index is 11.5. The Labute approximate surface area is 116 Å². The van der Waals surface area contributed by atoms with Crippen LogP contribution in [0.15, 0.2) is 35.7 Å². The molecule has 0 aromatic heterocycles. The van der Waals surface area contributed by atoms with E-state index in [4.69, 9.17) is 10.00 Å². The maximum atomic E-state index is 11.5. The highest BCUT2D eigenvalue weighted by Crippen LogP contribution is 2.33. The van der Waals surface area contributed by atoms with Gasteiger partial charge in [0, 0.05) is 7.05 Å². The van der Waals surface area contributed by atoms with Gasteiger partial charge in [-0.3, -0.25) is 0 Å². The Bertz CT molecular complexity index is 603. The molecule has 20 heavy (non-hydrogen) atoms. The molecule has 1 aromatic rings. The quantitative estimate of drug-likeness (QED) is 0.497. The van der Waals surface area contributed by atoms with E-state index >= 15 is 0 Å². The van der Waals surface area contributed by atoms with Gasteiger partial charge in [-0.15, -0.1) is 0 Å². The van der Waals surface area contributed by atoms with Crippen LogP contribution in [0.3, 0.4) is 0 Å². The second-order valence-electron chi connectivity index (χ2n) is 4.37. The Morgan fingerprint density at radius 2 is 2.35 bits per heavy atom. The predicted molar refractivity (Wildman–Crippen MR) is 69.2 cm³/mol. The lowest BCUT2D eigenvalue weighted by Gasteiger charge is -2.10. The van der Waals surface area contributed by atoms with Gasteiger partial charge in [-0.2, -0.15) is 5.26 Å². The third-order valence-electron chi connectivity index (χ3n) is 3.00. The SMILES string of the molecule is COC(=O)/C(C#N)=C1\O[C@H](c2cccc(O)c2)CN1C. The molecular formula is C14H14N2O4. The molecule has 6 nitrogen and oxygen atoms in total. The third-order valence-corrected chi connectivity index (χ3v) is 3.00. The number of rotatable bonds is 2. The Kier molecular flexibility index (Phi) is 3.80. The average Bonchev–Trinajstić information content (AvgIpc) is 2.82. The first-order valence-electron chi connectivity index (χ1n) is 5.96. The van der Waals surface area contributed by atoms with E-state index in [0.717, 1.165) is 5.56 Å². The van der Waals surface area contributed by atoms with E-state index in [2.05, 4.69) is 4.74 Å². The molecule has 1 aliphatic rings. The predicted octanol–water partition coefficient (Wildman–Crippen LogP) is 1.30. The number of aromatic hydroxyl groups is 1. The summed E-state index contributed by atoms with van der Waals surface area (Å²) in [5.74, 6) is -0.404. The van der Waals surface area contributed by atoms with Crippen molar-refractivity contribution >= 4 is 5.97 Å². The van der Waals surface area contributed by atoms with Crippen LogP contribution in [-0.4, -0.2) is 36.7 Å². The van der Waals surface area contributed by atoms with Gasteiger partial charge in [0.15, 0.2) is 5.57 Å². The highest BCUT2D eigenvalue weighted by atomic mass is 16.5. The molecule has 6 heteroatoms. The van der Waals surface area contributed by atoms with Crippen LogP contribution in [0, 0.1) is 11.3 Å². The zero-order chi connectivity index (χ0) is 14.7. The zero-order valence-corrected chi connectivity index (χ0v) is 11.2. The molecule has 1 saturated heterocycles. The van der Waals surface area contributed by atoms with Gasteiger partial charge < -0.3 is 19.5 Å². The molecule has 0 aliphatic carbocycles. The molecule has 0 spiro atoms. The molecule has 1 aromatic carbocycles. The monoisotopic (exact) mass is 274 g/mol. The van der Waals surface area contributed by atoms with E-state index in [0.29, 0.717) is 6.54 Å². The number of nitriles is 1. The number of carbonyl (C=O) groups is 1. The van der Waals surface area contributed by atoms with Crippen LogP contribution in [0.5, 0.6) is 5.75 Å². The van der Waals surface area contributed by atoms with Crippen LogP contribution in [0.4, 0.5) is 0 Å². The highest BCUT2D eigenvalue weighted by Gasteiger charge is 2.32. The lowest BCUT2D eigenvalue weighted by atomic mass is 10.1. The standard InChI is InChI=1S/C14H14N2O4/c1-16-8-12(9-4-3-5-10(17)6-9)20-13(16)11(7-15)14(18)19-2/h3-6,12,17H,8H2,1-2H3/b13-11-/t12-/m0/s1. The van der Waals surface area contributed by atoms with Crippen molar-refractivity contribution in [3.8, 4) is 11.8 Å². The van der Waals surface area contributed by atoms with Crippen molar-refractivity contribution in [3.05, 3.63) is 41.3 Å². The van der Waals surface area contributed by atoms with Crippen molar-refractivity contribution in [1.82, 2.24) is 4.90 Å². The lowest BCUT2D eigenvalue weighted by molar-refractivity contribution is -0.136. The molecule has 104 valence electrons. The fourth-order valence-corrected chi connectivity index (χ4v) is 2.02. The molecule has 0 saturated carbocycles. The second kappa shape index (κ2) is 5.53. The number of hydrogen-bond acceptors (Lipinski definition) is 6. The largest absolute Gasteiger partial charge is 0.508 e. The van der Waals surface area contributed by atoms with Gasteiger partial charge in [-0.1, -0.05) is 12.1 Å². The van der Waals surface area contributed by atoms with E-state index in [1.54, 1.807) is 36.2 Å². The molecule has 0 unspecified atom stereocenters. The number of phenolic OH excluding ortho intramolecular Hbond substituents is 1. The summed E-state index contributed by atoms with van der Waals surface area (Å²) in [5, 5.41) is 18.5. The molecular weight excluding hydrogens is 260 g/mol. The van der Waals surface area contributed by atoms with E-state index in [1.807, 2.05) is 6.07 Å². The first-order valence-corrected chi connectivity index (χ1v) is 5.96. The van der Waals surface area contributed by atoms with Crippen molar-refractivity contribution in [3.63, 3.8) is 0 Å². The number of likely N-dealkylation sites (N-methyl/N-ethyl adjacent to an activating group) is 1. The Hall–Kier alpha value is -2.68.